The van der Waals surface area contributed by atoms with E-state index in [1.54, 1.807) is 0 Å². The van der Waals surface area contributed by atoms with Gasteiger partial charge < -0.3 is 4.74 Å². The van der Waals surface area contributed by atoms with E-state index in [4.69, 9.17) is 4.74 Å². The molecule has 0 bridgehead atoms. The summed E-state index contributed by atoms with van der Waals surface area (Å²) in [5, 5.41) is 3.41. The zero-order valence-corrected chi connectivity index (χ0v) is 15.3. The number of ether oxygens (including phenoxy) is 1. The summed E-state index contributed by atoms with van der Waals surface area (Å²) in [4.78, 5) is 17.8. The van der Waals surface area contributed by atoms with Crippen LogP contribution in [0.25, 0.3) is 11.3 Å². The Balaban J connectivity index is 1.65. The van der Waals surface area contributed by atoms with Crippen molar-refractivity contribution in [2.45, 2.75) is 20.8 Å². The Kier molecular flexibility index (Phi) is 5.14. The van der Waals surface area contributed by atoms with Crippen molar-refractivity contribution in [2.24, 2.45) is 0 Å². The van der Waals surface area contributed by atoms with Gasteiger partial charge in [-0.15, -0.1) is 11.3 Å². The largest absolute Gasteiger partial charge is 0.483 e. The highest BCUT2D eigenvalue weighted by atomic mass is 32.1. The first-order chi connectivity index (χ1) is 12.0. The van der Waals surface area contributed by atoms with E-state index in [0.29, 0.717) is 5.13 Å². The smallest absolute Gasteiger partial charge is 0.264 e. The summed E-state index contributed by atoms with van der Waals surface area (Å²) >= 11 is 1.47. The molecule has 3 aromatic rings. The Morgan fingerprint density at radius 1 is 1.08 bits per heavy atom. The molecule has 0 aliphatic heterocycles. The van der Waals surface area contributed by atoms with Gasteiger partial charge in [0.2, 0.25) is 0 Å². The van der Waals surface area contributed by atoms with E-state index in [1.807, 2.05) is 69.3 Å². The predicted molar refractivity (Wildman–Crippen MR) is 102 cm³/mol. The number of hydrogen-bond acceptors (Lipinski definition) is 4. The van der Waals surface area contributed by atoms with E-state index in [2.05, 4.69) is 10.3 Å². The molecule has 25 heavy (non-hydrogen) atoms. The highest BCUT2D eigenvalue weighted by Crippen LogP contribution is 2.30. The van der Waals surface area contributed by atoms with E-state index < -0.39 is 0 Å². The first-order valence-corrected chi connectivity index (χ1v) is 8.88. The maximum atomic E-state index is 12.2. The van der Waals surface area contributed by atoms with Gasteiger partial charge in [-0.05, 0) is 38.0 Å². The molecule has 0 atom stereocenters. The SMILES string of the molecule is Cc1cccc(OCC(=O)Nc2nc(-c3ccccc3)c(C)s2)c1C. The van der Waals surface area contributed by atoms with E-state index in [1.165, 1.54) is 11.3 Å². The lowest BCUT2D eigenvalue weighted by Crippen LogP contribution is -2.20. The molecule has 0 unspecified atom stereocenters. The Morgan fingerprint density at radius 2 is 1.84 bits per heavy atom. The maximum absolute atomic E-state index is 12.2. The number of rotatable bonds is 5. The molecule has 1 heterocycles. The molecule has 5 heteroatoms. The molecular formula is C20H20N2O2S. The molecule has 0 aliphatic carbocycles. The molecule has 0 saturated carbocycles. The molecule has 0 spiro atoms. The highest BCUT2D eigenvalue weighted by Gasteiger charge is 2.12. The van der Waals surface area contributed by atoms with E-state index in [0.717, 1.165) is 33.0 Å². The number of nitrogens with zero attached hydrogens (tertiary/aromatic N) is 1. The summed E-state index contributed by atoms with van der Waals surface area (Å²) in [6.45, 7) is 5.97. The van der Waals surface area contributed by atoms with Crippen LogP contribution in [-0.4, -0.2) is 17.5 Å². The highest BCUT2D eigenvalue weighted by molar-refractivity contribution is 7.16. The van der Waals surface area contributed by atoms with Crippen LogP contribution in [0.4, 0.5) is 5.13 Å². The molecule has 0 radical (unpaired) electrons. The lowest BCUT2D eigenvalue weighted by Gasteiger charge is -2.10. The van der Waals surface area contributed by atoms with Crippen molar-refractivity contribution in [3.63, 3.8) is 0 Å². The van der Waals surface area contributed by atoms with Crippen LogP contribution in [-0.2, 0) is 4.79 Å². The fourth-order valence-electron chi connectivity index (χ4n) is 2.49. The van der Waals surface area contributed by atoms with Gasteiger partial charge in [0, 0.05) is 10.4 Å². The van der Waals surface area contributed by atoms with Gasteiger partial charge in [-0.25, -0.2) is 4.98 Å². The summed E-state index contributed by atoms with van der Waals surface area (Å²) < 4.78 is 5.64. The van der Waals surface area contributed by atoms with Gasteiger partial charge >= 0.3 is 0 Å². The zero-order valence-electron chi connectivity index (χ0n) is 14.5. The maximum Gasteiger partial charge on any atom is 0.264 e. The molecule has 3 rings (SSSR count). The van der Waals surface area contributed by atoms with Crippen molar-refractivity contribution in [1.82, 2.24) is 4.98 Å². The van der Waals surface area contributed by atoms with Crippen molar-refractivity contribution in [3.8, 4) is 17.0 Å². The first-order valence-electron chi connectivity index (χ1n) is 8.06. The number of thiazole rings is 1. The number of carbonyl (C=O) groups is 1. The second-order valence-electron chi connectivity index (χ2n) is 5.82. The van der Waals surface area contributed by atoms with Crippen LogP contribution < -0.4 is 10.1 Å². The Morgan fingerprint density at radius 3 is 2.60 bits per heavy atom. The fraction of sp³-hybridized carbons (Fsp3) is 0.200. The van der Waals surface area contributed by atoms with Crippen LogP contribution >= 0.6 is 11.3 Å². The first kappa shape index (κ1) is 17.2. The topological polar surface area (TPSA) is 51.2 Å². The summed E-state index contributed by atoms with van der Waals surface area (Å²) in [6.07, 6.45) is 0. The molecule has 2 aromatic carbocycles. The number of aryl methyl sites for hydroxylation is 2. The van der Waals surface area contributed by atoms with Gasteiger partial charge in [0.15, 0.2) is 11.7 Å². The van der Waals surface area contributed by atoms with Gasteiger partial charge in [-0.3, -0.25) is 10.1 Å². The number of amides is 1. The van der Waals surface area contributed by atoms with Crippen LogP contribution in [0.2, 0.25) is 0 Å². The van der Waals surface area contributed by atoms with Crippen LogP contribution in [0.3, 0.4) is 0 Å². The average molecular weight is 352 g/mol. The van der Waals surface area contributed by atoms with Crippen LogP contribution in [0.15, 0.2) is 48.5 Å². The predicted octanol–water partition coefficient (Wildman–Crippen LogP) is 4.75. The normalized spacial score (nSPS) is 10.5. The van der Waals surface area contributed by atoms with Crippen molar-refractivity contribution in [3.05, 3.63) is 64.5 Å². The number of hydrogen-bond donors (Lipinski definition) is 1. The van der Waals surface area contributed by atoms with Gasteiger partial charge in [-0.1, -0.05) is 42.5 Å². The van der Waals surface area contributed by atoms with Gasteiger partial charge in [0.1, 0.15) is 5.75 Å². The third kappa shape index (κ3) is 4.06. The summed E-state index contributed by atoms with van der Waals surface area (Å²) in [6, 6.07) is 15.8. The third-order valence-corrected chi connectivity index (χ3v) is 4.89. The lowest BCUT2D eigenvalue weighted by atomic mass is 10.1. The number of carbonyl (C=O) groups excluding carboxylic acids is 1. The molecule has 4 nitrogen and oxygen atoms in total. The number of anilines is 1. The molecular weight excluding hydrogens is 332 g/mol. The summed E-state index contributed by atoms with van der Waals surface area (Å²) in [5.74, 6) is 0.518. The fourth-order valence-corrected chi connectivity index (χ4v) is 3.34. The minimum atomic E-state index is -0.214. The monoisotopic (exact) mass is 352 g/mol. The minimum Gasteiger partial charge on any atom is -0.483 e. The molecule has 0 fully saturated rings. The Labute approximate surface area is 151 Å². The quantitative estimate of drug-likeness (QED) is 0.721. The third-order valence-electron chi connectivity index (χ3n) is 4.00. The second kappa shape index (κ2) is 7.49. The second-order valence-corrected chi connectivity index (χ2v) is 7.03. The van der Waals surface area contributed by atoms with Crippen molar-refractivity contribution in [2.75, 3.05) is 11.9 Å². The van der Waals surface area contributed by atoms with Crippen LogP contribution in [0.1, 0.15) is 16.0 Å². The number of benzene rings is 2. The minimum absolute atomic E-state index is 0.0381. The van der Waals surface area contributed by atoms with Crippen molar-refractivity contribution < 1.29 is 9.53 Å². The van der Waals surface area contributed by atoms with Crippen LogP contribution in [0.5, 0.6) is 5.75 Å². The molecule has 0 saturated heterocycles. The summed E-state index contributed by atoms with van der Waals surface area (Å²) in [7, 11) is 0. The molecule has 1 amide bonds. The van der Waals surface area contributed by atoms with E-state index in [9.17, 15) is 4.79 Å². The standard InChI is InChI=1S/C20H20N2O2S/c1-13-8-7-11-17(14(13)2)24-12-18(23)21-20-22-19(15(3)25-20)16-9-5-4-6-10-16/h4-11H,12H2,1-3H3,(H,21,22,23). The van der Waals surface area contributed by atoms with Crippen molar-refractivity contribution in [1.29, 1.82) is 0 Å². The average Bonchev–Trinajstić information content (AvgIpc) is 2.97. The Hall–Kier alpha value is -2.66. The van der Waals surface area contributed by atoms with E-state index >= 15 is 0 Å². The van der Waals surface area contributed by atoms with Crippen molar-refractivity contribution >= 4 is 22.4 Å². The van der Waals surface area contributed by atoms with Gasteiger partial charge in [0.05, 0.1) is 5.69 Å². The number of nitrogens with one attached hydrogen (secondary N) is 1. The van der Waals surface area contributed by atoms with Crippen LogP contribution in [0, 0.1) is 20.8 Å². The Bertz CT molecular complexity index is 888. The lowest BCUT2D eigenvalue weighted by molar-refractivity contribution is -0.118. The molecule has 1 aromatic heterocycles. The zero-order chi connectivity index (χ0) is 17.8. The van der Waals surface area contributed by atoms with Gasteiger partial charge in [-0.2, -0.15) is 0 Å². The molecule has 128 valence electrons. The van der Waals surface area contributed by atoms with Gasteiger partial charge in [0.25, 0.3) is 5.91 Å². The number of aromatic nitrogens is 1. The molecule has 0 aliphatic rings. The van der Waals surface area contributed by atoms with E-state index in [-0.39, 0.29) is 12.5 Å². The summed E-state index contributed by atoms with van der Waals surface area (Å²) in [5.41, 5.74) is 4.13. The molecule has 1 N–H and O–H groups in total.